The van der Waals surface area contributed by atoms with Crippen LogP contribution in [0.5, 0.6) is 5.75 Å². The second kappa shape index (κ2) is 5.15. The number of nitrogens with zero attached hydrogens (tertiary/aromatic N) is 1. The Bertz CT molecular complexity index is 508. The second-order valence-corrected chi connectivity index (χ2v) is 4.28. The van der Waals surface area contributed by atoms with Crippen LogP contribution in [0.3, 0.4) is 0 Å². The van der Waals surface area contributed by atoms with Gasteiger partial charge in [-0.25, -0.2) is 0 Å². The largest absolute Gasteiger partial charge is 0.506 e. The lowest BCUT2D eigenvalue weighted by molar-refractivity contribution is 0.475. The van der Waals surface area contributed by atoms with Crippen LogP contribution in [0.1, 0.15) is 12.5 Å². The molecule has 1 aromatic carbocycles. The number of aromatic nitrogens is 1. The fourth-order valence-electron chi connectivity index (χ4n) is 1.61. The average molecular weight is 251 g/mol. The number of aromatic hydroxyl groups is 1. The Morgan fingerprint density at radius 2 is 2.18 bits per heavy atom. The number of benzene rings is 1. The average Bonchev–Trinajstić information content (AvgIpc) is 2.79. The maximum absolute atomic E-state index is 9.30. The first kappa shape index (κ1) is 11.9. The van der Waals surface area contributed by atoms with Crippen molar-refractivity contribution < 1.29 is 5.11 Å². The van der Waals surface area contributed by atoms with Crippen LogP contribution in [0, 0.1) is 0 Å². The van der Waals surface area contributed by atoms with Gasteiger partial charge in [-0.3, -0.25) is 0 Å². The predicted molar refractivity (Wildman–Crippen MR) is 70.5 cm³/mol. The molecule has 0 unspecified atom stereocenters. The summed E-state index contributed by atoms with van der Waals surface area (Å²) in [6.45, 7) is 3.83. The monoisotopic (exact) mass is 250 g/mol. The van der Waals surface area contributed by atoms with Crippen LogP contribution in [-0.2, 0) is 13.1 Å². The molecule has 2 aromatic rings. The standard InChI is InChI=1S/C13H15ClN2O/c1-2-16-6-5-10(9-16)8-15-11-3-4-13(17)12(14)7-11/h3-7,9,15,17H,2,8H2,1H3. The summed E-state index contributed by atoms with van der Waals surface area (Å²) in [5.41, 5.74) is 2.12. The highest BCUT2D eigenvalue weighted by atomic mass is 35.5. The van der Waals surface area contributed by atoms with Gasteiger partial charge in [0, 0.05) is 31.2 Å². The number of phenols is 1. The fraction of sp³-hybridized carbons (Fsp3) is 0.231. The summed E-state index contributed by atoms with van der Waals surface area (Å²) >= 11 is 5.83. The first-order chi connectivity index (χ1) is 8.19. The summed E-state index contributed by atoms with van der Waals surface area (Å²) in [5.74, 6) is 0.106. The van der Waals surface area contributed by atoms with Crippen molar-refractivity contribution in [2.45, 2.75) is 20.0 Å². The molecule has 0 amide bonds. The van der Waals surface area contributed by atoms with Crippen molar-refractivity contribution in [2.75, 3.05) is 5.32 Å². The molecule has 0 fully saturated rings. The van der Waals surface area contributed by atoms with Crippen molar-refractivity contribution in [1.82, 2.24) is 4.57 Å². The van der Waals surface area contributed by atoms with Crippen LogP contribution in [0.25, 0.3) is 0 Å². The third kappa shape index (κ3) is 2.94. The zero-order chi connectivity index (χ0) is 12.3. The normalized spacial score (nSPS) is 10.5. The van der Waals surface area contributed by atoms with Gasteiger partial charge in [0.05, 0.1) is 5.02 Å². The van der Waals surface area contributed by atoms with Crippen molar-refractivity contribution >= 4 is 17.3 Å². The Morgan fingerprint density at radius 1 is 1.35 bits per heavy atom. The van der Waals surface area contributed by atoms with Crippen LogP contribution < -0.4 is 5.32 Å². The molecule has 0 spiro atoms. The minimum atomic E-state index is 0.106. The first-order valence-corrected chi connectivity index (χ1v) is 5.94. The summed E-state index contributed by atoms with van der Waals surface area (Å²) in [4.78, 5) is 0. The van der Waals surface area contributed by atoms with E-state index in [0.717, 1.165) is 18.8 Å². The first-order valence-electron chi connectivity index (χ1n) is 5.56. The van der Waals surface area contributed by atoms with Crippen molar-refractivity contribution in [3.8, 4) is 5.75 Å². The smallest absolute Gasteiger partial charge is 0.134 e. The van der Waals surface area contributed by atoms with Crippen LogP contribution in [0.15, 0.2) is 36.7 Å². The van der Waals surface area contributed by atoms with E-state index in [1.54, 1.807) is 18.2 Å². The van der Waals surface area contributed by atoms with Crippen molar-refractivity contribution in [2.24, 2.45) is 0 Å². The van der Waals surface area contributed by atoms with Gasteiger partial charge < -0.3 is 15.0 Å². The number of phenolic OH excluding ortho intramolecular Hbond substituents is 1. The minimum Gasteiger partial charge on any atom is -0.506 e. The second-order valence-electron chi connectivity index (χ2n) is 3.87. The highest BCUT2D eigenvalue weighted by molar-refractivity contribution is 6.32. The minimum absolute atomic E-state index is 0.106. The molecule has 0 aliphatic rings. The third-order valence-corrected chi connectivity index (χ3v) is 2.92. The molecular weight excluding hydrogens is 236 g/mol. The maximum atomic E-state index is 9.30. The number of aryl methyl sites for hydroxylation is 1. The molecule has 2 N–H and O–H groups in total. The van der Waals surface area contributed by atoms with Crippen LogP contribution in [0.2, 0.25) is 5.02 Å². The molecule has 0 atom stereocenters. The van der Waals surface area contributed by atoms with Gasteiger partial charge in [-0.05, 0) is 36.8 Å². The predicted octanol–water partition coefficient (Wildman–Crippen LogP) is 3.48. The molecule has 2 rings (SSSR count). The molecule has 4 heteroatoms. The number of halogens is 1. The zero-order valence-corrected chi connectivity index (χ0v) is 10.4. The highest BCUT2D eigenvalue weighted by Crippen LogP contribution is 2.26. The third-order valence-electron chi connectivity index (χ3n) is 2.62. The van der Waals surface area contributed by atoms with Gasteiger partial charge in [-0.15, -0.1) is 0 Å². The van der Waals surface area contributed by atoms with E-state index in [9.17, 15) is 5.11 Å². The molecule has 0 saturated carbocycles. The van der Waals surface area contributed by atoms with E-state index < -0.39 is 0 Å². The quantitative estimate of drug-likeness (QED) is 0.816. The van der Waals surface area contributed by atoms with Gasteiger partial charge in [0.25, 0.3) is 0 Å². The van der Waals surface area contributed by atoms with Gasteiger partial charge in [0.1, 0.15) is 5.75 Å². The van der Waals surface area contributed by atoms with E-state index in [1.807, 2.05) is 0 Å². The lowest BCUT2D eigenvalue weighted by Crippen LogP contribution is -1.98. The summed E-state index contributed by atoms with van der Waals surface area (Å²) in [7, 11) is 0. The summed E-state index contributed by atoms with van der Waals surface area (Å²) in [6.07, 6.45) is 4.16. The number of anilines is 1. The van der Waals surface area contributed by atoms with E-state index in [4.69, 9.17) is 11.6 Å². The fourth-order valence-corrected chi connectivity index (χ4v) is 1.79. The van der Waals surface area contributed by atoms with Gasteiger partial charge in [0.15, 0.2) is 0 Å². The molecule has 0 aliphatic heterocycles. The Morgan fingerprint density at radius 3 is 2.82 bits per heavy atom. The van der Waals surface area contributed by atoms with Crippen LogP contribution >= 0.6 is 11.6 Å². The van der Waals surface area contributed by atoms with Crippen LogP contribution in [0.4, 0.5) is 5.69 Å². The SMILES string of the molecule is CCn1ccc(CNc2ccc(O)c(Cl)c2)c1. The zero-order valence-electron chi connectivity index (χ0n) is 9.65. The van der Waals surface area contributed by atoms with Crippen molar-refractivity contribution in [3.63, 3.8) is 0 Å². The molecule has 0 bridgehead atoms. The van der Waals surface area contributed by atoms with E-state index in [1.165, 1.54) is 5.56 Å². The summed E-state index contributed by atoms with van der Waals surface area (Å²) in [6, 6.07) is 7.19. The van der Waals surface area contributed by atoms with Crippen molar-refractivity contribution in [1.29, 1.82) is 0 Å². The number of rotatable bonds is 4. The van der Waals surface area contributed by atoms with E-state index in [2.05, 4.69) is 35.3 Å². The Balaban J connectivity index is 1.99. The van der Waals surface area contributed by atoms with Gasteiger partial charge in [-0.1, -0.05) is 11.6 Å². The number of hydrogen-bond donors (Lipinski definition) is 2. The Hall–Kier alpha value is -1.61. The van der Waals surface area contributed by atoms with Gasteiger partial charge >= 0.3 is 0 Å². The lowest BCUT2D eigenvalue weighted by Gasteiger charge is -2.06. The van der Waals surface area contributed by atoms with Crippen LogP contribution in [-0.4, -0.2) is 9.67 Å². The summed E-state index contributed by atoms with van der Waals surface area (Å²) in [5, 5.41) is 12.9. The highest BCUT2D eigenvalue weighted by Gasteiger charge is 2.00. The maximum Gasteiger partial charge on any atom is 0.134 e. The molecule has 0 saturated heterocycles. The van der Waals surface area contributed by atoms with E-state index in [0.29, 0.717) is 5.02 Å². The molecule has 1 heterocycles. The van der Waals surface area contributed by atoms with Gasteiger partial charge in [0.2, 0.25) is 0 Å². The molecule has 3 nitrogen and oxygen atoms in total. The number of hydrogen-bond acceptors (Lipinski definition) is 2. The number of nitrogens with one attached hydrogen (secondary N) is 1. The molecule has 17 heavy (non-hydrogen) atoms. The molecule has 90 valence electrons. The molecular formula is C13H15ClN2O. The lowest BCUT2D eigenvalue weighted by atomic mass is 10.3. The topological polar surface area (TPSA) is 37.2 Å². The van der Waals surface area contributed by atoms with Gasteiger partial charge in [-0.2, -0.15) is 0 Å². The molecule has 1 aromatic heterocycles. The Labute approximate surface area is 106 Å². The van der Waals surface area contributed by atoms with E-state index in [-0.39, 0.29) is 5.75 Å². The van der Waals surface area contributed by atoms with E-state index >= 15 is 0 Å². The molecule has 0 radical (unpaired) electrons. The van der Waals surface area contributed by atoms with Crippen molar-refractivity contribution in [3.05, 3.63) is 47.2 Å². The Kier molecular flexibility index (Phi) is 3.59. The summed E-state index contributed by atoms with van der Waals surface area (Å²) < 4.78 is 2.13. The molecule has 0 aliphatic carbocycles.